The Balaban J connectivity index is 2.20. The summed E-state index contributed by atoms with van der Waals surface area (Å²) < 4.78 is 13.7. The van der Waals surface area contributed by atoms with Crippen molar-refractivity contribution < 1.29 is 4.39 Å². The van der Waals surface area contributed by atoms with Crippen molar-refractivity contribution in [2.45, 2.75) is 26.8 Å². The Morgan fingerprint density at radius 3 is 2.42 bits per heavy atom. The monoisotopic (exact) mass is 277 g/mol. The third-order valence-electron chi connectivity index (χ3n) is 3.33. The van der Waals surface area contributed by atoms with Gasteiger partial charge >= 0.3 is 0 Å². The molecule has 0 aromatic heterocycles. The third-order valence-corrected chi connectivity index (χ3v) is 3.57. The number of rotatable bonds is 3. The Morgan fingerprint density at radius 1 is 1.05 bits per heavy atom. The largest absolute Gasteiger partial charge is 0.376 e. The van der Waals surface area contributed by atoms with Crippen molar-refractivity contribution in [1.82, 2.24) is 0 Å². The van der Waals surface area contributed by atoms with Crippen LogP contribution in [0.5, 0.6) is 0 Å². The summed E-state index contributed by atoms with van der Waals surface area (Å²) in [5, 5.41) is 3.57. The second-order valence-electron chi connectivity index (χ2n) is 4.83. The summed E-state index contributed by atoms with van der Waals surface area (Å²) in [7, 11) is 0. The lowest BCUT2D eigenvalue weighted by molar-refractivity contribution is 0.627. The lowest BCUT2D eigenvalue weighted by Crippen LogP contribution is -2.08. The van der Waals surface area contributed by atoms with Crippen LogP contribution in [-0.2, 0) is 0 Å². The van der Waals surface area contributed by atoms with Crippen molar-refractivity contribution in [3.05, 3.63) is 63.9 Å². The average Bonchev–Trinajstić information content (AvgIpc) is 2.36. The van der Waals surface area contributed by atoms with E-state index in [9.17, 15) is 4.39 Å². The molecule has 0 saturated carbocycles. The molecule has 0 aliphatic rings. The summed E-state index contributed by atoms with van der Waals surface area (Å²) in [6.07, 6.45) is 0. The van der Waals surface area contributed by atoms with E-state index in [1.807, 2.05) is 6.92 Å². The van der Waals surface area contributed by atoms with Crippen molar-refractivity contribution in [3.63, 3.8) is 0 Å². The zero-order valence-corrected chi connectivity index (χ0v) is 12.1. The summed E-state index contributed by atoms with van der Waals surface area (Å²) in [4.78, 5) is 0. The molecule has 1 unspecified atom stereocenters. The first-order valence-electron chi connectivity index (χ1n) is 6.26. The maximum atomic E-state index is 13.7. The lowest BCUT2D eigenvalue weighted by Gasteiger charge is -2.17. The van der Waals surface area contributed by atoms with E-state index >= 15 is 0 Å². The van der Waals surface area contributed by atoms with Crippen LogP contribution < -0.4 is 5.32 Å². The van der Waals surface area contributed by atoms with Gasteiger partial charge in [0.2, 0.25) is 0 Å². The average molecular weight is 278 g/mol. The van der Waals surface area contributed by atoms with Crippen LogP contribution in [0.2, 0.25) is 5.02 Å². The van der Waals surface area contributed by atoms with Crippen molar-refractivity contribution in [3.8, 4) is 0 Å². The van der Waals surface area contributed by atoms with Crippen LogP contribution >= 0.6 is 11.6 Å². The summed E-state index contributed by atoms with van der Waals surface area (Å²) in [5.74, 6) is -0.330. The highest BCUT2D eigenvalue weighted by atomic mass is 35.5. The minimum absolute atomic E-state index is 0.0370. The van der Waals surface area contributed by atoms with Gasteiger partial charge < -0.3 is 5.32 Å². The van der Waals surface area contributed by atoms with Gasteiger partial charge in [-0.15, -0.1) is 0 Å². The van der Waals surface area contributed by atoms with Gasteiger partial charge in [-0.2, -0.15) is 0 Å². The molecule has 0 amide bonds. The van der Waals surface area contributed by atoms with E-state index < -0.39 is 0 Å². The molecule has 0 heterocycles. The van der Waals surface area contributed by atoms with Gasteiger partial charge in [-0.3, -0.25) is 0 Å². The molecule has 19 heavy (non-hydrogen) atoms. The highest BCUT2D eigenvalue weighted by Crippen LogP contribution is 2.25. The lowest BCUT2D eigenvalue weighted by atomic mass is 10.0. The second-order valence-corrected chi connectivity index (χ2v) is 5.27. The molecule has 0 radical (unpaired) electrons. The van der Waals surface area contributed by atoms with Crippen LogP contribution in [0.25, 0.3) is 0 Å². The summed E-state index contributed by atoms with van der Waals surface area (Å²) >= 11 is 5.74. The third kappa shape index (κ3) is 3.27. The summed E-state index contributed by atoms with van der Waals surface area (Å²) in [6.45, 7) is 6.17. The van der Waals surface area contributed by atoms with Crippen LogP contribution in [0.3, 0.4) is 0 Å². The highest BCUT2D eigenvalue weighted by Gasteiger charge is 2.09. The Morgan fingerprint density at radius 2 is 1.79 bits per heavy atom. The molecule has 3 heteroatoms. The molecule has 1 atom stereocenters. The number of hydrogen-bond acceptors (Lipinski definition) is 1. The van der Waals surface area contributed by atoms with Crippen LogP contribution in [0.4, 0.5) is 10.1 Å². The molecule has 0 fully saturated rings. The van der Waals surface area contributed by atoms with Gasteiger partial charge in [-0.25, -0.2) is 4.39 Å². The van der Waals surface area contributed by atoms with E-state index in [1.54, 1.807) is 12.1 Å². The smallest absolute Gasteiger partial charge is 0.147 e. The molecule has 100 valence electrons. The van der Waals surface area contributed by atoms with Gasteiger partial charge in [0.25, 0.3) is 0 Å². The number of nitrogens with one attached hydrogen (secondary N) is 1. The molecule has 0 bridgehead atoms. The number of aryl methyl sites for hydroxylation is 2. The molecule has 2 aromatic carbocycles. The topological polar surface area (TPSA) is 12.0 Å². The fourth-order valence-electron chi connectivity index (χ4n) is 1.96. The van der Waals surface area contributed by atoms with Gasteiger partial charge in [0.1, 0.15) is 5.82 Å². The first-order chi connectivity index (χ1) is 8.97. The molecule has 1 N–H and O–H groups in total. The fourth-order valence-corrected chi connectivity index (χ4v) is 2.12. The minimum atomic E-state index is -0.330. The van der Waals surface area contributed by atoms with Crippen molar-refractivity contribution in [2.24, 2.45) is 0 Å². The molecule has 0 aliphatic carbocycles. The van der Waals surface area contributed by atoms with E-state index in [4.69, 9.17) is 11.6 Å². The van der Waals surface area contributed by atoms with Crippen LogP contribution in [0, 0.1) is 19.7 Å². The zero-order chi connectivity index (χ0) is 14.0. The van der Waals surface area contributed by atoms with Gasteiger partial charge in [0.05, 0.1) is 5.69 Å². The number of anilines is 1. The normalized spacial score (nSPS) is 12.3. The molecule has 1 nitrogen and oxygen atoms in total. The highest BCUT2D eigenvalue weighted by molar-refractivity contribution is 6.30. The standard InChI is InChI=1S/C16H17ClFN/c1-10-4-5-13(8-11(10)2)12(3)19-16-7-6-14(17)9-15(16)18/h4-9,12,19H,1-3H3. The van der Waals surface area contributed by atoms with Gasteiger partial charge in [0.15, 0.2) is 0 Å². The summed E-state index contributed by atoms with van der Waals surface area (Å²) in [6, 6.07) is 11.0. The van der Waals surface area contributed by atoms with E-state index in [-0.39, 0.29) is 11.9 Å². The Labute approximate surface area is 118 Å². The molecule has 0 saturated heterocycles. The quantitative estimate of drug-likeness (QED) is 0.806. The summed E-state index contributed by atoms with van der Waals surface area (Å²) in [5.41, 5.74) is 4.10. The van der Waals surface area contributed by atoms with E-state index in [0.29, 0.717) is 10.7 Å². The minimum Gasteiger partial charge on any atom is -0.376 e. The predicted molar refractivity (Wildman–Crippen MR) is 79.4 cm³/mol. The second kappa shape index (κ2) is 5.62. The van der Waals surface area contributed by atoms with E-state index in [1.165, 1.54) is 17.2 Å². The zero-order valence-electron chi connectivity index (χ0n) is 11.3. The van der Waals surface area contributed by atoms with Gasteiger partial charge in [-0.1, -0.05) is 29.8 Å². The van der Waals surface area contributed by atoms with Crippen LogP contribution in [-0.4, -0.2) is 0 Å². The maximum Gasteiger partial charge on any atom is 0.147 e. The number of halogens is 2. The van der Waals surface area contributed by atoms with E-state index in [0.717, 1.165) is 5.56 Å². The fraction of sp³-hybridized carbons (Fsp3) is 0.250. The van der Waals surface area contributed by atoms with E-state index in [2.05, 4.69) is 37.4 Å². The van der Waals surface area contributed by atoms with Gasteiger partial charge in [0, 0.05) is 11.1 Å². The molecule has 2 rings (SSSR count). The molecular weight excluding hydrogens is 261 g/mol. The Hall–Kier alpha value is -1.54. The maximum absolute atomic E-state index is 13.7. The van der Waals surface area contributed by atoms with Crippen molar-refractivity contribution >= 4 is 17.3 Å². The first kappa shape index (κ1) is 13.9. The van der Waals surface area contributed by atoms with Crippen molar-refractivity contribution in [2.75, 3.05) is 5.32 Å². The van der Waals surface area contributed by atoms with Gasteiger partial charge in [-0.05, 0) is 55.7 Å². The molecule has 2 aromatic rings. The molecule has 0 aliphatic heterocycles. The number of benzene rings is 2. The first-order valence-corrected chi connectivity index (χ1v) is 6.64. The molecule has 0 spiro atoms. The molecular formula is C16H17ClFN. The Bertz CT molecular complexity index is 595. The van der Waals surface area contributed by atoms with Crippen LogP contribution in [0.15, 0.2) is 36.4 Å². The SMILES string of the molecule is Cc1ccc(C(C)Nc2ccc(Cl)cc2F)cc1C. The predicted octanol–water partition coefficient (Wildman–Crippen LogP) is 5.27. The number of hydrogen-bond donors (Lipinski definition) is 1. The Kier molecular flexibility index (Phi) is 4.11. The van der Waals surface area contributed by atoms with Crippen LogP contribution in [0.1, 0.15) is 29.7 Å². The van der Waals surface area contributed by atoms with Crippen molar-refractivity contribution in [1.29, 1.82) is 0 Å².